The minimum Gasteiger partial charge on any atom is -0.361 e. The highest BCUT2D eigenvalue weighted by atomic mass is 16.5. The van der Waals surface area contributed by atoms with Crippen LogP contribution in [0.5, 0.6) is 0 Å². The van der Waals surface area contributed by atoms with Crippen LogP contribution < -0.4 is 10.6 Å². The highest BCUT2D eigenvalue weighted by Gasteiger charge is 2.32. The zero-order valence-corrected chi connectivity index (χ0v) is 16.1. The number of amides is 2. The normalized spacial score (nSPS) is 20.0. The molecule has 2 aromatic rings. The van der Waals surface area contributed by atoms with E-state index in [4.69, 9.17) is 4.52 Å². The van der Waals surface area contributed by atoms with E-state index in [9.17, 15) is 9.59 Å². The molecule has 1 aliphatic carbocycles. The van der Waals surface area contributed by atoms with E-state index in [1.54, 1.807) is 0 Å². The Balaban J connectivity index is 1.35. The summed E-state index contributed by atoms with van der Waals surface area (Å²) in [6, 6.07) is 9.59. The SMILES string of the molecule is Cc1ccccc1CN1CCNC(=O)[C@H]1CC(=O)NCc1cc(C2CC2)on1. The van der Waals surface area contributed by atoms with Crippen LogP contribution in [-0.2, 0) is 22.7 Å². The number of aryl methyl sites for hydroxylation is 1. The van der Waals surface area contributed by atoms with Crippen LogP contribution in [0.1, 0.15) is 47.8 Å². The van der Waals surface area contributed by atoms with Gasteiger partial charge in [-0.2, -0.15) is 0 Å². The first-order chi connectivity index (χ1) is 13.6. The van der Waals surface area contributed by atoms with Crippen molar-refractivity contribution >= 4 is 11.8 Å². The van der Waals surface area contributed by atoms with E-state index in [-0.39, 0.29) is 18.2 Å². The second-order valence-corrected chi connectivity index (χ2v) is 7.68. The third-order valence-corrected chi connectivity index (χ3v) is 5.48. The van der Waals surface area contributed by atoms with Crippen molar-refractivity contribution in [3.05, 3.63) is 52.9 Å². The van der Waals surface area contributed by atoms with E-state index >= 15 is 0 Å². The molecule has 2 N–H and O–H groups in total. The van der Waals surface area contributed by atoms with Crippen molar-refractivity contribution in [3.8, 4) is 0 Å². The van der Waals surface area contributed by atoms with Crippen LogP contribution in [0.4, 0.5) is 0 Å². The van der Waals surface area contributed by atoms with Gasteiger partial charge in [0.25, 0.3) is 0 Å². The molecule has 1 aromatic heterocycles. The highest BCUT2D eigenvalue weighted by molar-refractivity contribution is 5.88. The van der Waals surface area contributed by atoms with Crippen LogP contribution in [-0.4, -0.2) is 41.0 Å². The van der Waals surface area contributed by atoms with E-state index < -0.39 is 6.04 Å². The molecule has 0 radical (unpaired) electrons. The number of carbonyl (C=O) groups excluding carboxylic acids is 2. The second-order valence-electron chi connectivity index (χ2n) is 7.68. The third-order valence-electron chi connectivity index (χ3n) is 5.48. The lowest BCUT2D eigenvalue weighted by Crippen LogP contribution is -2.56. The third kappa shape index (κ3) is 4.42. The van der Waals surface area contributed by atoms with E-state index in [2.05, 4.69) is 39.7 Å². The first kappa shape index (κ1) is 18.7. The Morgan fingerprint density at radius 3 is 2.96 bits per heavy atom. The number of benzene rings is 1. The molecule has 2 aliphatic rings. The largest absolute Gasteiger partial charge is 0.361 e. The zero-order chi connectivity index (χ0) is 19.5. The molecule has 2 heterocycles. The molecule has 2 fully saturated rings. The first-order valence-corrected chi connectivity index (χ1v) is 9.88. The van der Waals surface area contributed by atoms with Gasteiger partial charge < -0.3 is 15.2 Å². The Bertz CT molecular complexity index is 859. The Morgan fingerprint density at radius 2 is 2.18 bits per heavy atom. The zero-order valence-electron chi connectivity index (χ0n) is 16.1. The minimum atomic E-state index is -0.465. The van der Waals surface area contributed by atoms with Gasteiger partial charge in [0.2, 0.25) is 11.8 Å². The van der Waals surface area contributed by atoms with Crippen LogP contribution in [0, 0.1) is 6.92 Å². The number of nitrogens with zero attached hydrogens (tertiary/aromatic N) is 2. The molecule has 0 unspecified atom stereocenters. The monoisotopic (exact) mass is 382 g/mol. The molecule has 1 atom stereocenters. The van der Waals surface area contributed by atoms with E-state index in [1.807, 2.05) is 18.2 Å². The maximum Gasteiger partial charge on any atom is 0.237 e. The van der Waals surface area contributed by atoms with Gasteiger partial charge in [-0.15, -0.1) is 0 Å². The van der Waals surface area contributed by atoms with Crippen LogP contribution in [0.25, 0.3) is 0 Å². The summed E-state index contributed by atoms with van der Waals surface area (Å²) < 4.78 is 5.31. The fourth-order valence-electron chi connectivity index (χ4n) is 3.59. The molecule has 2 amide bonds. The van der Waals surface area contributed by atoms with E-state index in [0.717, 1.165) is 30.8 Å². The topological polar surface area (TPSA) is 87.5 Å². The molecule has 1 saturated carbocycles. The molecular formula is C21H26N4O3. The van der Waals surface area contributed by atoms with Crippen LogP contribution in [0.2, 0.25) is 0 Å². The van der Waals surface area contributed by atoms with Crippen molar-refractivity contribution in [1.82, 2.24) is 20.7 Å². The summed E-state index contributed by atoms with van der Waals surface area (Å²) in [5.74, 6) is 1.15. The van der Waals surface area contributed by atoms with Gasteiger partial charge in [0, 0.05) is 31.6 Å². The molecule has 0 spiro atoms. The fourth-order valence-corrected chi connectivity index (χ4v) is 3.59. The van der Waals surface area contributed by atoms with Gasteiger partial charge in [0.15, 0.2) is 0 Å². The highest BCUT2D eigenvalue weighted by Crippen LogP contribution is 2.40. The van der Waals surface area contributed by atoms with Gasteiger partial charge in [-0.3, -0.25) is 14.5 Å². The summed E-state index contributed by atoms with van der Waals surface area (Å²) in [6.07, 6.45) is 2.42. The van der Waals surface area contributed by atoms with Gasteiger partial charge in [-0.25, -0.2) is 0 Å². The molecule has 7 nitrogen and oxygen atoms in total. The van der Waals surface area contributed by atoms with Crippen molar-refractivity contribution in [3.63, 3.8) is 0 Å². The Hall–Kier alpha value is -2.67. The Morgan fingerprint density at radius 1 is 1.36 bits per heavy atom. The number of rotatable bonds is 7. The van der Waals surface area contributed by atoms with Gasteiger partial charge in [0.05, 0.1) is 19.0 Å². The molecule has 1 aromatic carbocycles. The predicted molar refractivity (Wildman–Crippen MR) is 103 cm³/mol. The lowest BCUT2D eigenvalue weighted by molar-refractivity contribution is -0.134. The van der Waals surface area contributed by atoms with Crippen molar-refractivity contribution in [2.24, 2.45) is 0 Å². The number of hydrogen-bond acceptors (Lipinski definition) is 5. The van der Waals surface area contributed by atoms with Crippen molar-refractivity contribution in [2.75, 3.05) is 13.1 Å². The molecule has 4 rings (SSSR count). The van der Waals surface area contributed by atoms with E-state index in [1.165, 1.54) is 11.1 Å². The number of nitrogens with one attached hydrogen (secondary N) is 2. The smallest absolute Gasteiger partial charge is 0.237 e. The second kappa shape index (κ2) is 8.14. The molecule has 28 heavy (non-hydrogen) atoms. The lowest BCUT2D eigenvalue weighted by atomic mass is 10.0. The number of piperazine rings is 1. The Kier molecular flexibility index (Phi) is 5.43. The number of carbonyl (C=O) groups is 2. The molecule has 7 heteroatoms. The minimum absolute atomic E-state index is 0.0903. The molecule has 1 aliphatic heterocycles. The molecular weight excluding hydrogens is 356 g/mol. The van der Waals surface area contributed by atoms with Gasteiger partial charge >= 0.3 is 0 Å². The van der Waals surface area contributed by atoms with Gasteiger partial charge in [0.1, 0.15) is 11.5 Å². The summed E-state index contributed by atoms with van der Waals surface area (Å²) in [7, 11) is 0. The van der Waals surface area contributed by atoms with Crippen LogP contribution in [0.3, 0.4) is 0 Å². The maximum atomic E-state index is 12.5. The average molecular weight is 382 g/mol. The van der Waals surface area contributed by atoms with Gasteiger partial charge in [-0.05, 0) is 30.9 Å². The van der Waals surface area contributed by atoms with Crippen LogP contribution >= 0.6 is 0 Å². The summed E-state index contributed by atoms with van der Waals surface area (Å²) in [4.78, 5) is 27.0. The summed E-state index contributed by atoms with van der Waals surface area (Å²) in [6.45, 7) is 4.37. The summed E-state index contributed by atoms with van der Waals surface area (Å²) >= 11 is 0. The Labute approximate surface area is 164 Å². The van der Waals surface area contributed by atoms with E-state index in [0.29, 0.717) is 25.6 Å². The lowest BCUT2D eigenvalue weighted by Gasteiger charge is -2.35. The predicted octanol–water partition coefficient (Wildman–Crippen LogP) is 1.87. The average Bonchev–Trinajstić information content (AvgIpc) is 3.43. The maximum absolute atomic E-state index is 12.5. The molecule has 0 bridgehead atoms. The number of hydrogen-bond donors (Lipinski definition) is 2. The van der Waals surface area contributed by atoms with Crippen molar-refractivity contribution < 1.29 is 14.1 Å². The number of aromatic nitrogens is 1. The van der Waals surface area contributed by atoms with Crippen molar-refractivity contribution in [1.29, 1.82) is 0 Å². The molecule has 148 valence electrons. The quantitative estimate of drug-likeness (QED) is 0.763. The van der Waals surface area contributed by atoms with Crippen LogP contribution in [0.15, 0.2) is 34.9 Å². The van der Waals surface area contributed by atoms with Crippen molar-refractivity contribution in [2.45, 2.75) is 51.2 Å². The first-order valence-electron chi connectivity index (χ1n) is 9.88. The standard InChI is InChI=1S/C21H26N4O3/c1-14-4-2-3-5-16(14)13-25-9-8-22-21(27)18(25)11-20(26)23-12-17-10-19(28-24-17)15-6-7-15/h2-5,10,15,18H,6-9,11-13H2,1H3,(H,22,27)(H,23,26)/t18-/m1/s1. The fraction of sp³-hybridized carbons (Fsp3) is 0.476. The summed E-state index contributed by atoms with van der Waals surface area (Å²) in [5.41, 5.74) is 3.09. The molecule has 1 saturated heterocycles. The van der Waals surface area contributed by atoms with Gasteiger partial charge in [-0.1, -0.05) is 29.4 Å². The summed E-state index contributed by atoms with van der Waals surface area (Å²) in [5, 5.41) is 9.76.